The molecule has 1 atom stereocenters. The van der Waals surface area contributed by atoms with Crippen molar-refractivity contribution in [3.63, 3.8) is 0 Å². The van der Waals surface area contributed by atoms with Crippen molar-refractivity contribution in [2.75, 3.05) is 33.3 Å². The third kappa shape index (κ3) is 3.47. The molecule has 1 saturated heterocycles. The van der Waals surface area contributed by atoms with E-state index in [1.807, 2.05) is 32.7 Å². The fraction of sp³-hybridized carbons (Fsp3) is 0.909. The van der Waals surface area contributed by atoms with Gasteiger partial charge in [0.05, 0.1) is 12.7 Å². The predicted octanol–water partition coefficient (Wildman–Crippen LogP) is 0.479. The summed E-state index contributed by atoms with van der Waals surface area (Å²) in [5.41, 5.74) is -0.290. The Hall–Kier alpha value is -0.610. The first-order valence-corrected chi connectivity index (χ1v) is 5.50. The molecule has 1 aliphatic rings. The number of morpholine rings is 1. The van der Waals surface area contributed by atoms with Crippen LogP contribution in [0.25, 0.3) is 0 Å². The molecule has 88 valence electrons. The third-order valence-corrected chi connectivity index (χ3v) is 2.50. The van der Waals surface area contributed by atoms with Gasteiger partial charge in [-0.15, -0.1) is 0 Å². The standard InChI is InChI=1S/C11H22N2O2/c1-11(2,3)10(14)13-5-6-15-9(8-13)7-12-4/h9,12H,5-8H2,1-4H3/t9-/m0/s1. The average Bonchev–Trinajstić information content (AvgIpc) is 2.16. The molecule has 1 rings (SSSR count). The molecule has 1 N–H and O–H groups in total. The molecule has 1 aliphatic heterocycles. The number of ether oxygens (including phenoxy) is 1. The molecule has 0 aromatic carbocycles. The van der Waals surface area contributed by atoms with E-state index in [0.29, 0.717) is 13.2 Å². The zero-order valence-electron chi connectivity index (χ0n) is 10.2. The van der Waals surface area contributed by atoms with Crippen molar-refractivity contribution in [2.45, 2.75) is 26.9 Å². The van der Waals surface area contributed by atoms with Gasteiger partial charge in [-0.05, 0) is 7.05 Å². The van der Waals surface area contributed by atoms with Crippen LogP contribution in [0.5, 0.6) is 0 Å². The van der Waals surface area contributed by atoms with Gasteiger partial charge in [0, 0.05) is 25.0 Å². The number of hydrogen-bond acceptors (Lipinski definition) is 3. The lowest BCUT2D eigenvalue weighted by atomic mass is 9.94. The highest BCUT2D eigenvalue weighted by atomic mass is 16.5. The lowest BCUT2D eigenvalue weighted by Crippen LogP contribution is -2.51. The number of nitrogens with zero attached hydrogens (tertiary/aromatic N) is 1. The summed E-state index contributed by atoms with van der Waals surface area (Å²) < 4.78 is 5.56. The second kappa shape index (κ2) is 4.94. The van der Waals surface area contributed by atoms with Crippen LogP contribution >= 0.6 is 0 Å². The number of amides is 1. The second-order valence-electron chi connectivity index (χ2n) is 5.05. The van der Waals surface area contributed by atoms with Crippen LogP contribution in [-0.4, -0.2) is 50.2 Å². The molecule has 0 bridgehead atoms. The van der Waals surface area contributed by atoms with Gasteiger partial charge in [0.2, 0.25) is 5.91 Å². The number of rotatable bonds is 2. The van der Waals surface area contributed by atoms with Crippen molar-refractivity contribution >= 4 is 5.91 Å². The zero-order valence-corrected chi connectivity index (χ0v) is 10.2. The van der Waals surface area contributed by atoms with Crippen molar-refractivity contribution in [2.24, 2.45) is 5.41 Å². The van der Waals surface area contributed by atoms with Crippen LogP contribution in [0.1, 0.15) is 20.8 Å². The highest BCUT2D eigenvalue weighted by Gasteiger charge is 2.30. The van der Waals surface area contributed by atoms with Crippen LogP contribution in [-0.2, 0) is 9.53 Å². The fourth-order valence-corrected chi connectivity index (χ4v) is 1.73. The van der Waals surface area contributed by atoms with Gasteiger partial charge in [0.15, 0.2) is 0 Å². The van der Waals surface area contributed by atoms with Crippen molar-refractivity contribution in [1.82, 2.24) is 10.2 Å². The fourth-order valence-electron chi connectivity index (χ4n) is 1.73. The number of nitrogens with one attached hydrogen (secondary N) is 1. The van der Waals surface area contributed by atoms with E-state index in [9.17, 15) is 4.79 Å². The molecule has 0 saturated carbocycles. The number of carbonyl (C=O) groups excluding carboxylic acids is 1. The molecule has 0 unspecified atom stereocenters. The summed E-state index contributed by atoms with van der Waals surface area (Å²) in [6.45, 7) is 8.74. The van der Waals surface area contributed by atoms with Gasteiger partial charge < -0.3 is 15.0 Å². The Morgan fingerprint density at radius 3 is 2.73 bits per heavy atom. The monoisotopic (exact) mass is 214 g/mol. The summed E-state index contributed by atoms with van der Waals surface area (Å²) >= 11 is 0. The van der Waals surface area contributed by atoms with Crippen LogP contribution < -0.4 is 5.32 Å². The lowest BCUT2D eigenvalue weighted by molar-refractivity contribution is -0.146. The van der Waals surface area contributed by atoms with Crippen LogP contribution in [0.3, 0.4) is 0 Å². The molecular weight excluding hydrogens is 192 g/mol. The van der Waals surface area contributed by atoms with E-state index in [1.54, 1.807) is 0 Å². The van der Waals surface area contributed by atoms with E-state index in [2.05, 4.69) is 5.32 Å². The average molecular weight is 214 g/mol. The molecule has 0 aliphatic carbocycles. The number of hydrogen-bond donors (Lipinski definition) is 1. The molecule has 1 heterocycles. The topological polar surface area (TPSA) is 41.6 Å². The van der Waals surface area contributed by atoms with E-state index in [1.165, 1.54) is 0 Å². The maximum Gasteiger partial charge on any atom is 0.228 e. The molecule has 4 nitrogen and oxygen atoms in total. The minimum Gasteiger partial charge on any atom is -0.373 e. The second-order valence-corrected chi connectivity index (χ2v) is 5.05. The van der Waals surface area contributed by atoms with Gasteiger partial charge in [-0.1, -0.05) is 20.8 Å². The van der Waals surface area contributed by atoms with Crippen LogP contribution in [0.15, 0.2) is 0 Å². The Morgan fingerprint density at radius 1 is 1.53 bits per heavy atom. The maximum absolute atomic E-state index is 12.0. The minimum absolute atomic E-state index is 0.134. The van der Waals surface area contributed by atoms with Gasteiger partial charge in [-0.2, -0.15) is 0 Å². The highest BCUT2D eigenvalue weighted by Crippen LogP contribution is 2.19. The van der Waals surface area contributed by atoms with Crippen molar-refractivity contribution < 1.29 is 9.53 Å². The van der Waals surface area contributed by atoms with Gasteiger partial charge in [-0.25, -0.2) is 0 Å². The van der Waals surface area contributed by atoms with E-state index >= 15 is 0 Å². The summed E-state index contributed by atoms with van der Waals surface area (Å²) in [4.78, 5) is 13.9. The Labute approximate surface area is 92.0 Å². The van der Waals surface area contributed by atoms with Crippen molar-refractivity contribution in [1.29, 1.82) is 0 Å². The predicted molar refractivity (Wildman–Crippen MR) is 59.7 cm³/mol. The summed E-state index contributed by atoms with van der Waals surface area (Å²) in [5, 5.41) is 3.07. The molecule has 0 aromatic heterocycles. The molecule has 4 heteroatoms. The lowest BCUT2D eigenvalue weighted by Gasteiger charge is -2.36. The number of carbonyl (C=O) groups is 1. The molecule has 1 fully saturated rings. The molecule has 15 heavy (non-hydrogen) atoms. The Kier molecular flexibility index (Phi) is 4.11. The maximum atomic E-state index is 12.0. The van der Waals surface area contributed by atoms with Crippen LogP contribution in [0, 0.1) is 5.41 Å². The summed E-state index contributed by atoms with van der Waals surface area (Å²) in [6.07, 6.45) is 0.134. The van der Waals surface area contributed by atoms with Gasteiger partial charge in [0.1, 0.15) is 0 Å². The first-order chi connectivity index (χ1) is 6.95. The van der Waals surface area contributed by atoms with E-state index in [0.717, 1.165) is 13.1 Å². The van der Waals surface area contributed by atoms with Gasteiger partial charge >= 0.3 is 0 Å². The Balaban J connectivity index is 2.52. The smallest absolute Gasteiger partial charge is 0.228 e. The summed E-state index contributed by atoms with van der Waals surface area (Å²) in [6, 6.07) is 0. The summed E-state index contributed by atoms with van der Waals surface area (Å²) in [5.74, 6) is 0.215. The number of likely N-dealkylation sites (N-methyl/N-ethyl adjacent to an activating group) is 1. The molecule has 1 amide bonds. The molecule has 0 aromatic rings. The quantitative estimate of drug-likeness (QED) is 0.727. The highest BCUT2D eigenvalue weighted by molar-refractivity contribution is 5.81. The van der Waals surface area contributed by atoms with E-state index < -0.39 is 0 Å². The van der Waals surface area contributed by atoms with Crippen LogP contribution in [0.4, 0.5) is 0 Å². The first-order valence-electron chi connectivity index (χ1n) is 5.50. The van der Waals surface area contributed by atoms with Crippen molar-refractivity contribution in [3.05, 3.63) is 0 Å². The van der Waals surface area contributed by atoms with E-state index in [4.69, 9.17) is 4.74 Å². The minimum atomic E-state index is -0.290. The third-order valence-electron chi connectivity index (χ3n) is 2.50. The van der Waals surface area contributed by atoms with Gasteiger partial charge in [-0.3, -0.25) is 4.79 Å². The molecular formula is C11H22N2O2. The Morgan fingerprint density at radius 2 is 2.20 bits per heavy atom. The van der Waals surface area contributed by atoms with E-state index in [-0.39, 0.29) is 17.4 Å². The first kappa shape index (κ1) is 12.5. The van der Waals surface area contributed by atoms with Gasteiger partial charge in [0.25, 0.3) is 0 Å². The van der Waals surface area contributed by atoms with Crippen LogP contribution in [0.2, 0.25) is 0 Å². The largest absolute Gasteiger partial charge is 0.373 e. The molecule has 0 radical (unpaired) electrons. The normalized spacial score (nSPS) is 22.9. The summed E-state index contributed by atoms with van der Waals surface area (Å²) in [7, 11) is 1.90. The zero-order chi connectivity index (χ0) is 11.5. The Bertz CT molecular complexity index is 221. The SMILES string of the molecule is CNC[C@H]1CN(C(=O)C(C)(C)C)CCO1. The van der Waals surface area contributed by atoms with Crippen molar-refractivity contribution in [3.8, 4) is 0 Å². The molecule has 0 spiro atoms.